The highest BCUT2D eigenvalue weighted by Gasteiger charge is 2.38. The standard InChI is InChI=1S/C24H45NO5/c1-20(26)15-13-11-9-7-5-6-8-10-12-14-16-22-17-18-23(30-19-28-3)21(2)25(22)24(27)29-4/h21-23H,5-19H2,1-4H3/t21-,22+,23-/m0/s1. The van der Waals surface area contributed by atoms with Gasteiger partial charge in [-0.25, -0.2) is 4.79 Å². The number of carbonyl (C=O) groups is 2. The van der Waals surface area contributed by atoms with Gasteiger partial charge in [0.05, 0.1) is 19.3 Å². The lowest BCUT2D eigenvalue weighted by Crippen LogP contribution is -2.55. The first-order valence-electron chi connectivity index (χ1n) is 12.0. The van der Waals surface area contributed by atoms with Gasteiger partial charge in [0.15, 0.2) is 0 Å². The molecule has 1 aliphatic heterocycles. The van der Waals surface area contributed by atoms with E-state index in [1.54, 1.807) is 14.0 Å². The topological polar surface area (TPSA) is 65.1 Å². The first-order valence-corrected chi connectivity index (χ1v) is 12.0. The van der Waals surface area contributed by atoms with Crippen molar-refractivity contribution in [1.82, 2.24) is 4.90 Å². The van der Waals surface area contributed by atoms with Crippen LogP contribution in [0.1, 0.15) is 104 Å². The Hall–Kier alpha value is -1.14. The first-order chi connectivity index (χ1) is 14.5. The number of carbonyl (C=O) groups excluding carboxylic acids is 2. The largest absolute Gasteiger partial charge is 0.453 e. The predicted molar refractivity (Wildman–Crippen MR) is 120 cm³/mol. The summed E-state index contributed by atoms with van der Waals surface area (Å²) in [6, 6.07) is 0.242. The lowest BCUT2D eigenvalue weighted by molar-refractivity contribution is -0.117. The molecule has 0 bridgehead atoms. The minimum Gasteiger partial charge on any atom is -0.453 e. The molecule has 0 N–H and O–H groups in total. The van der Waals surface area contributed by atoms with Crippen LogP contribution in [0.15, 0.2) is 0 Å². The third kappa shape index (κ3) is 10.8. The van der Waals surface area contributed by atoms with Crippen LogP contribution >= 0.6 is 0 Å². The van der Waals surface area contributed by atoms with Gasteiger partial charge >= 0.3 is 6.09 Å². The van der Waals surface area contributed by atoms with E-state index in [0.717, 1.165) is 38.5 Å². The zero-order chi connectivity index (χ0) is 22.2. The summed E-state index contributed by atoms with van der Waals surface area (Å²) in [6.07, 6.45) is 15.8. The van der Waals surface area contributed by atoms with Gasteiger partial charge in [0, 0.05) is 19.6 Å². The zero-order valence-corrected chi connectivity index (χ0v) is 19.8. The average molecular weight is 428 g/mol. The molecule has 176 valence electrons. The maximum Gasteiger partial charge on any atom is 0.410 e. The molecule has 0 aromatic rings. The lowest BCUT2D eigenvalue weighted by Gasteiger charge is -2.43. The van der Waals surface area contributed by atoms with Crippen molar-refractivity contribution in [3.63, 3.8) is 0 Å². The minimum atomic E-state index is -0.249. The van der Waals surface area contributed by atoms with E-state index in [-0.39, 0.29) is 31.1 Å². The van der Waals surface area contributed by atoms with Crippen molar-refractivity contribution in [2.75, 3.05) is 21.0 Å². The van der Waals surface area contributed by atoms with Crippen LogP contribution in [0.3, 0.4) is 0 Å². The molecule has 1 aliphatic rings. The molecule has 30 heavy (non-hydrogen) atoms. The first kappa shape index (κ1) is 26.9. The van der Waals surface area contributed by atoms with Gasteiger partial charge in [0.1, 0.15) is 12.6 Å². The minimum absolute atomic E-state index is 0.00166. The van der Waals surface area contributed by atoms with Gasteiger partial charge in [-0.3, -0.25) is 4.90 Å². The molecule has 1 saturated heterocycles. The molecule has 1 fully saturated rings. The number of piperidine rings is 1. The van der Waals surface area contributed by atoms with Crippen molar-refractivity contribution in [2.45, 2.75) is 122 Å². The number of likely N-dealkylation sites (tertiary alicyclic amines) is 1. The van der Waals surface area contributed by atoms with E-state index in [9.17, 15) is 9.59 Å². The third-order valence-electron chi connectivity index (χ3n) is 6.26. The number of Topliss-reactive ketones (excluding diaryl/α,β-unsaturated/α-hetero) is 1. The van der Waals surface area contributed by atoms with Crippen LogP contribution in [0, 0.1) is 0 Å². The van der Waals surface area contributed by atoms with E-state index in [1.165, 1.54) is 58.5 Å². The summed E-state index contributed by atoms with van der Waals surface area (Å²) in [7, 11) is 3.07. The van der Waals surface area contributed by atoms with Crippen molar-refractivity contribution < 1.29 is 23.8 Å². The molecular formula is C24H45NO5. The average Bonchev–Trinajstić information content (AvgIpc) is 2.73. The molecule has 0 spiro atoms. The molecule has 0 saturated carbocycles. The van der Waals surface area contributed by atoms with Crippen molar-refractivity contribution in [3.05, 3.63) is 0 Å². The normalized spacial score (nSPS) is 21.6. The van der Waals surface area contributed by atoms with Crippen LogP contribution in [0.4, 0.5) is 4.79 Å². The van der Waals surface area contributed by atoms with Crippen LogP contribution < -0.4 is 0 Å². The highest BCUT2D eigenvalue weighted by atomic mass is 16.7. The van der Waals surface area contributed by atoms with E-state index < -0.39 is 0 Å². The Kier molecular flexibility index (Phi) is 14.8. The maximum atomic E-state index is 12.3. The summed E-state index contributed by atoms with van der Waals surface area (Å²) >= 11 is 0. The summed E-state index contributed by atoms with van der Waals surface area (Å²) < 4.78 is 15.8. The summed E-state index contributed by atoms with van der Waals surface area (Å²) in [6.45, 7) is 3.98. The van der Waals surface area contributed by atoms with Crippen LogP contribution in [-0.2, 0) is 19.0 Å². The summed E-state index contributed by atoms with van der Waals surface area (Å²) in [5.74, 6) is 0.312. The van der Waals surface area contributed by atoms with E-state index in [1.807, 2.05) is 11.8 Å². The second-order valence-electron chi connectivity index (χ2n) is 8.74. The molecule has 0 aromatic carbocycles. The fraction of sp³-hybridized carbons (Fsp3) is 0.917. The number of ketones is 1. The number of methoxy groups -OCH3 is 2. The molecule has 0 aromatic heterocycles. The number of nitrogens with zero attached hydrogens (tertiary/aromatic N) is 1. The molecule has 3 atom stereocenters. The molecule has 0 aliphatic carbocycles. The van der Waals surface area contributed by atoms with Crippen LogP contribution in [0.5, 0.6) is 0 Å². The van der Waals surface area contributed by atoms with Crippen LogP contribution in [0.25, 0.3) is 0 Å². The summed E-state index contributed by atoms with van der Waals surface area (Å²) in [4.78, 5) is 25.1. The quantitative estimate of drug-likeness (QED) is 0.228. The number of rotatable bonds is 16. The molecule has 0 unspecified atom stereocenters. The fourth-order valence-electron chi connectivity index (χ4n) is 4.50. The predicted octanol–water partition coefficient (Wildman–Crippen LogP) is 5.87. The number of hydrogen-bond acceptors (Lipinski definition) is 5. The van der Waals surface area contributed by atoms with Gasteiger partial charge in [0.25, 0.3) is 0 Å². The van der Waals surface area contributed by atoms with Crippen LogP contribution in [-0.4, -0.2) is 56.0 Å². The summed E-state index contributed by atoms with van der Waals surface area (Å²) in [5.41, 5.74) is 0. The molecule has 1 rings (SSSR count). The van der Waals surface area contributed by atoms with Gasteiger partial charge < -0.3 is 19.0 Å². The maximum absolute atomic E-state index is 12.3. The Morgan fingerprint density at radius 1 is 0.867 bits per heavy atom. The van der Waals surface area contributed by atoms with Crippen molar-refractivity contribution >= 4 is 11.9 Å². The van der Waals surface area contributed by atoms with Gasteiger partial charge in [-0.1, -0.05) is 57.8 Å². The van der Waals surface area contributed by atoms with Crippen molar-refractivity contribution in [3.8, 4) is 0 Å². The smallest absolute Gasteiger partial charge is 0.410 e. The van der Waals surface area contributed by atoms with Crippen molar-refractivity contribution in [2.24, 2.45) is 0 Å². The Balaban J connectivity index is 2.16. The fourth-order valence-corrected chi connectivity index (χ4v) is 4.50. The second-order valence-corrected chi connectivity index (χ2v) is 8.74. The Bertz CT molecular complexity index is 471. The molecular weight excluding hydrogens is 382 g/mol. The van der Waals surface area contributed by atoms with E-state index in [2.05, 4.69) is 0 Å². The van der Waals surface area contributed by atoms with E-state index in [4.69, 9.17) is 14.2 Å². The summed E-state index contributed by atoms with van der Waals surface area (Å²) in [5, 5.41) is 0. The highest BCUT2D eigenvalue weighted by Crippen LogP contribution is 2.29. The van der Waals surface area contributed by atoms with Gasteiger partial charge in [-0.05, 0) is 39.5 Å². The molecule has 1 heterocycles. The SMILES string of the molecule is COCO[C@H]1CC[C@@H](CCCCCCCCCCCCC(C)=O)N(C(=O)OC)[C@H]1C. The lowest BCUT2D eigenvalue weighted by atomic mass is 9.91. The number of amides is 1. The number of ether oxygens (including phenoxy) is 3. The molecule has 6 heteroatoms. The molecule has 1 amide bonds. The van der Waals surface area contributed by atoms with E-state index in [0.29, 0.717) is 5.78 Å². The van der Waals surface area contributed by atoms with E-state index >= 15 is 0 Å². The Morgan fingerprint density at radius 3 is 1.97 bits per heavy atom. The second kappa shape index (κ2) is 16.5. The third-order valence-corrected chi connectivity index (χ3v) is 6.26. The van der Waals surface area contributed by atoms with Gasteiger partial charge in [-0.2, -0.15) is 0 Å². The number of unbranched alkanes of at least 4 members (excludes halogenated alkanes) is 9. The molecule has 0 radical (unpaired) electrons. The Morgan fingerprint density at radius 2 is 1.43 bits per heavy atom. The van der Waals surface area contributed by atoms with Crippen molar-refractivity contribution in [1.29, 1.82) is 0 Å². The number of hydrogen-bond donors (Lipinski definition) is 0. The monoisotopic (exact) mass is 427 g/mol. The zero-order valence-electron chi connectivity index (χ0n) is 19.8. The Labute approximate surface area is 184 Å². The highest BCUT2D eigenvalue weighted by molar-refractivity contribution is 5.75. The van der Waals surface area contributed by atoms with Crippen LogP contribution in [0.2, 0.25) is 0 Å². The van der Waals surface area contributed by atoms with Gasteiger partial charge in [-0.15, -0.1) is 0 Å². The molecule has 6 nitrogen and oxygen atoms in total. The van der Waals surface area contributed by atoms with Gasteiger partial charge in [0.2, 0.25) is 0 Å².